The van der Waals surface area contributed by atoms with Gasteiger partial charge in [-0.3, -0.25) is 9.59 Å². The van der Waals surface area contributed by atoms with Crippen LogP contribution < -0.4 is 9.47 Å². The normalized spacial score (nSPS) is 19.1. The molecule has 0 aliphatic carbocycles. The SMILES string of the molecule is CCC(CC)CCCN1C(=O)C(=O)/C(=C(/O)c2ccc3c(c2)OCCO3)[C@@H]1c1ccc(O)cc1. The zero-order chi connectivity index (χ0) is 24.2. The van der Waals surface area contributed by atoms with E-state index in [2.05, 4.69) is 13.8 Å². The lowest BCUT2D eigenvalue weighted by Crippen LogP contribution is -2.31. The summed E-state index contributed by atoms with van der Waals surface area (Å²) in [6.07, 6.45) is 3.86. The highest BCUT2D eigenvalue weighted by Crippen LogP contribution is 2.41. The third-order valence-corrected chi connectivity index (χ3v) is 6.73. The summed E-state index contributed by atoms with van der Waals surface area (Å²) in [7, 11) is 0. The van der Waals surface area contributed by atoms with Crippen LogP contribution in [0.4, 0.5) is 0 Å². The Labute approximate surface area is 199 Å². The summed E-state index contributed by atoms with van der Waals surface area (Å²) in [6.45, 7) is 5.56. The van der Waals surface area contributed by atoms with Gasteiger partial charge in [-0.2, -0.15) is 0 Å². The van der Waals surface area contributed by atoms with E-state index >= 15 is 0 Å². The van der Waals surface area contributed by atoms with E-state index in [1.54, 1.807) is 35.2 Å². The number of rotatable bonds is 8. The fourth-order valence-corrected chi connectivity index (χ4v) is 4.71. The van der Waals surface area contributed by atoms with E-state index in [0.717, 1.165) is 25.7 Å². The van der Waals surface area contributed by atoms with Crippen molar-refractivity contribution in [3.8, 4) is 17.2 Å². The monoisotopic (exact) mass is 465 g/mol. The molecule has 1 saturated heterocycles. The van der Waals surface area contributed by atoms with Crippen molar-refractivity contribution in [1.29, 1.82) is 0 Å². The average molecular weight is 466 g/mol. The molecule has 1 amide bonds. The number of hydrogen-bond donors (Lipinski definition) is 2. The number of ketones is 1. The summed E-state index contributed by atoms with van der Waals surface area (Å²) in [5.74, 6) is 0.115. The van der Waals surface area contributed by atoms with Crippen LogP contribution in [0.3, 0.4) is 0 Å². The van der Waals surface area contributed by atoms with Crippen molar-refractivity contribution in [2.45, 2.75) is 45.6 Å². The van der Waals surface area contributed by atoms with Crippen LogP contribution in [0.25, 0.3) is 5.76 Å². The minimum Gasteiger partial charge on any atom is -0.508 e. The van der Waals surface area contributed by atoms with Crippen molar-refractivity contribution in [2.24, 2.45) is 5.92 Å². The smallest absolute Gasteiger partial charge is 0.295 e. The van der Waals surface area contributed by atoms with E-state index in [1.165, 1.54) is 12.1 Å². The number of fused-ring (bicyclic) bond motifs is 1. The van der Waals surface area contributed by atoms with Crippen molar-refractivity contribution < 1.29 is 29.3 Å². The number of carbonyl (C=O) groups excluding carboxylic acids is 2. The Morgan fingerprint density at radius 3 is 2.38 bits per heavy atom. The van der Waals surface area contributed by atoms with Crippen LogP contribution in [-0.2, 0) is 9.59 Å². The topological polar surface area (TPSA) is 96.3 Å². The minimum absolute atomic E-state index is 0.0369. The van der Waals surface area contributed by atoms with Crippen LogP contribution in [-0.4, -0.2) is 46.6 Å². The molecule has 2 N–H and O–H groups in total. The number of likely N-dealkylation sites (tertiary alicyclic amines) is 1. The summed E-state index contributed by atoms with van der Waals surface area (Å²) < 4.78 is 11.2. The van der Waals surface area contributed by atoms with Gasteiger partial charge in [0, 0.05) is 12.1 Å². The molecule has 2 aromatic rings. The highest BCUT2D eigenvalue weighted by molar-refractivity contribution is 6.46. The Kier molecular flexibility index (Phi) is 7.10. The van der Waals surface area contributed by atoms with Crippen LogP contribution in [0.15, 0.2) is 48.0 Å². The molecule has 0 radical (unpaired) electrons. The molecule has 0 aromatic heterocycles. The molecule has 1 fully saturated rings. The number of aromatic hydroxyl groups is 1. The molecule has 2 heterocycles. The highest BCUT2D eigenvalue weighted by atomic mass is 16.6. The number of benzene rings is 2. The second-order valence-electron chi connectivity index (χ2n) is 8.77. The summed E-state index contributed by atoms with van der Waals surface area (Å²) in [4.78, 5) is 27.8. The number of Topliss-reactive ketones (excluding diaryl/α,β-unsaturated/α-hetero) is 1. The second-order valence-corrected chi connectivity index (χ2v) is 8.77. The Balaban J connectivity index is 1.72. The van der Waals surface area contributed by atoms with Crippen LogP contribution in [0, 0.1) is 5.92 Å². The van der Waals surface area contributed by atoms with Gasteiger partial charge in [-0.15, -0.1) is 0 Å². The van der Waals surface area contributed by atoms with Crippen molar-refractivity contribution in [1.82, 2.24) is 4.90 Å². The van der Waals surface area contributed by atoms with E-state index in [9.17, 15) is 19.8 Å². The van der Waals surface area contributed by atoms with E-state index in [4.69, 9.17) is 9.47 Å². The molecule has 1 atom stereocenters. The molecule has 34 heavy (non-hydrogen) atoms. The Hall–Kier alpha value is -3.48. The number of phenolic OH excluding ortho intramolecular Hbond substituents is 1. The van der Waals surface area contributed by atoms with Crippen LogP contribution in [0.5, 0.6) is 17.2 Å². The minimum atomic E-state index is -0.740. The lowest BCUT2D eigenvalue weighted by Gasteiger charge is -2.26. The van der Waals surface area contributed by atoms with Gasteiger partial charge in [0.2, 0.25) is 0 Å². The molecule has 0 bridgehead atoms. The summed E-state index contributed by atoms with van der Waals surface area (Å²) in [6, 6.07) is 10.6. The Morgan fingerprint density at radius 1 is 1.03 bits per heavy atom. The van der Waals surface area contributed by atoms with Gasteiger partial charge < -0.3 is 24.6 Å². The molecular formula is C27H31NO6. The number of nitrogens with zero attached hydrogens (tertiary/aromatic N) is 1. The number of hydrogen-bond acceptors (Lipinski definition) is 6. The second kappa shape index (κ2) is 10.2. The van der Waals surface area contributed by atoms with Gasteiger partial charge in [0.25, 0.3) is 11.7 Å². The summed E-state index contributed by atoms with van der Waals surface area (Å²) >= 11 is 0. The van der Waals surface area contributed by atoms with Crippen LogP contribution in [0.1, 0.15) is 56.7 Å². The fourth-order valence-electron chi connectivity index (χ4n) is 4.71. The fraction of sp³-hybridized carbons (Fsp3) is 0.407. The van der Waals surface area contributed by atoms with Crippen molar-refractivity contribution in [3.05, 3.63) is 59.2 Å². The van der Waals surface area contributed by atoms with Crippen LogP contribution in [0.2, 0.25) is 0 Å². The molecule has 0 spiro atoms. The molecule has 7 heteroatoms. The molecule has 2 aliphatic heterocycles. The molecule has 0 unspecified atom stereocenters. The van der Waals surface area contributed by atoms with E-state index < -0.39 is 17.7 Å². The standard InChI is InChI=1S/C27H31NO6/c1-3-17(4-2)6-5-13-28-24(18-7-10-20(29)11-8-18)23(26(31)27(28)32)25(30)19-9-12-21-22(16-19)34-15-14-33-21/h7-12,16-17,24,29-30H,3-6,13-15H2,1-2H3/b25-23+/t24-/m0/s1. The van der Waals surface area contributed by atoms with Gasteiger partial charge in [0.1, 0.15) is 24.7 Å². The van der Waals surface area contributed by atoms with Crippen molar-refractivity contribution >= 4 is 17.4 Å². The number of aliphatic hydroxyl groups is 1. The number of carbonyl (C=O) groups is 2. The zero-order valence-corrected chi connectivity index (χ0v) is 19.6. The lowest BCUT2D eigenvalue weighted by atomic mass is 9.94. The molecule has 2 aromatic carbocycles. The zero-order valence-electron chi connectivity index (χ0n) is 19.6. The Morgan fingerprint density at radius 2 is 1.71 bits per heavy atom. The maximum atomic E-state index is 13.2. The molecule has 0 saturated carbocycles. The maximum Gasteiger partial charge on any atom is 0.295 e. The largest absolute Gasteiger partial charge is 0.508 e. The predicted octanol–water partition coefficient (Wildman–Crippen LogP) is 4.80. The quantitative estimate of drug-likeness (QED) is 0.330. The number of aliphatic hydroxyl groups excluding tert-OH is 1. The molecule has 2 aliphatic rings. The third kappa shape index (κ3) is 4.60. The van der Waals surface area contributed by atoms with Gasteiger partial charge in [-0.1, -0.05) is 38.8 Å². The van der Waals surface area contributed by atoms with E-state index in [1.807, 2.05) is 0 Å². The van der Waals surface area contributed by atoms with Gasteiger partial charge in [-0.25, -0.2) is 0 Å². The first-order valence-corrected chi connectivity index (χ1v) is 11.9. The van der Waals surface area contributed by atoms with Gasteiger partial charge in [-0.05, 0) is 54.7 Å². The summed E-state index contributed by atoms with van der Waals surface area (Å²) in [5.41, 5.74) is 1.07. The molecular weight excluding hydrogens is 434 g/mol. The summed E-state index contributed by atoms with van der Waals surface area (Å²) in [5, 5.41) is 21.0. The maximum absolute atomic E-state index is 13.2. The van der Waals surface area contributed by atoms with Crippen LogP contribution >= 0.6 is 0 Å². The number of amides is 1. The number of ether oxygens (including phenoxy) is 2. The average Bonchev–Trinajstić information content (AvgIpc) is 3.11. The third-order valence-electron chi connectivity index (χ3n) is 6.73. The molecule has 4 rings (SSSR count). The molecule has 180 valence electrons. The van der Waals surface area contributed by atoms with Gasteiger partial charge in [0.05, 0.1) is 11.6 Å². The predicted molar refractivity (Wildman–Crippen MR) is 128 cm³/mol. The van der Waals surface area contributed by atoms with Crippen molar-refractivity contribution in [2.75, 3.05) is 19.8 Å². The number of phenols is 1. The lowest BCUT2D eigenvalue weighted by molar-refractivity contribution is -0.140. The Bertz CT molecular complexity index is 1090. The first-order valence-electron chi connectivity index (χ1n) is 11.9. The van der Waals surface area contributed by atoms with E-state index in [0.29, 0.717) is 48.3 Å². The van der Waals surface area contributed by atoms with Crippen molar-refractivity contribution in [3.63, 3.8) is 0 Å². The van der Waals surface area contributed by atoms with Gasteiger partial charge >= 0.3 is 0 Å². The first-order chi connectivity index (χ1) is 16.4. The first kappa shape index (κ1) is 23.7. The molecule has 7 nitrogen and oxygen atoms in total. The van der Waals surface area contributed by atoms with Gasteiger partial charge in [0.15, 0.2) is 11.5 Å². The highest BCUT2D eigenvalue weighted by Gasteiger charge is 2.45. The van der Waals surface area contributed by atoms with E-state index in [-0.39, 0.29) is 17.1 Å².